The molecule has 8 heteroatoms. The van der Waals surface area contributed by atoms with Gasteiger partial charge in [0.05, 0.1) is 29.6 Å². The van der Waals surface area contributed by atoms with Crippen molar-refractivity contribution in [3.8, 4) is 5.75 Å². The molecule has 2 aromatic rings. The highest BCUT2D eigenvalue weighted by molar-refractivity contribution is 7.92. The van der Waals surface area contributed by atoms with Crippen molar-refractivity contribution in [3.63, 3.8) is 0 Å². The lowest BCUT2D eigenvalue weighted by Crippen LogP contribution is -2.41. The van der Waals surface area contributed by atoms with Crippen LogP contribution in [0.15, 0.2) is 48.5 Å². The van der Waals surface area contributed by atoms with Gasteiger partial charge < -0.3 is 10.1 Å². The van der Waals surface area contributed by atoms with E-state index in [0.29, 0.717) is 6.61 Å². The Morgan fingerprint density at radius 3 is 2.37 bits per heavy atom. The van der Waals surface area contributed by atoms with E-state index in [1.165, 1.54) is 0 Å². The molecule has 6 nitrogen and oxygen atoms in total. The summed E-state index contributed by atoms with van der Waals surface area (Å²) in [6.45, 7) is 3.95. The first-order valence-corrected chi connectivity index (χ1v) is 10.7. The van der Waals surface area contributed by atoms with E-state index in [9.17, 15) is 13.2 Å². The van der Waals surface area contributed by atoms with Crippen LogP contribution in [-0.2, 0) is 14.8 Å². The van der Waals surface area contributed by atoms with Crippen LogP contribution in [0.4, 0.5) is 5.69 Å². The summed E-state index contributed by atoms with van der Waals surface area (Å²) >= 11 is 6.10. The smallest absolute Gasteiger partial charge is 0.241 e. The molecule has 0 aliphatic heterocycles. The van der Waals surface area contributed by atoms with Gasteiger partial charge in [0, 0.05) is 0 Å². The second-order valence-electron chi connectivity index (χ2n) is 6.01. The van der Waals surface area contributed by atoms with Crippen molar-refractivity contribution < 1.29 is 17.9 Å². The number of amides is 1. The summed E-state index contributed by atoms with van der Waals surface area (Å²) in [5.41, 5.74) is 1.15. The molecule has 2 aromatic carbocycles. The average Bonchev–Trinajstić information content (AvgIpc) is 2.60. The van der Waals surface area contributed by atoms with Crippen molar-refractivity contribution in [2.45, 2.75) is 19.9 Å². The number of nitrogens with zero attached hydrogens (tertiary/aromatic N) is 1. The molecule has 1 amide bonds. The maximum atomic E-state index is 12.5. The van der Waals surface area contributed by atoms with E-state index in [-0.39, 0.29) is 23.3 Å². The fourth-order valence-electron chi connectivity index (χ4n) is 2.56. The van der Waals surface area contributed by atoms with Crippen molar-refractivity contribution in [1.82, 2.24) is 5.32 Å². The fraction of sp³-hybridized carbons (Fsp3) is 0.316. The minimum absolute atomic E-state index is 0.260. The molecule has 0 fully saturated rings. The number of benzene rings is 2. The van der Waals surface area contributed by atoms with Crippen LogP contribution in [0.1, 0.15) is 25.5 Å². The number of halogens is 1. The first kappa shape index (κ1) is 21.1. The van der Waals surface area contributed by atoms with E-state index in [4.69, 9.17) is 16.3 Å². The van der Waals surface area contributed by atoms with E-state index in [1.54, 1.807) is 24.3 Å². The highest BCUT2D eigenvalue weighted by atomic mass is 35.5. The standard InChI is InChI=1S/C19H23ClN2O4S/c1-4-26-16-11-9-15(10-12-16)14(2)21-19(23)13-22(27(3,24)25)18-8-6-5-7-17(18)20/h5-12,14H,4,13H2,1-3H3,(H,21,23). The third-order valence-corrected chi connectivity index (χ3v) is 5.32. The van der Waals surface area contributed by atoms with E-state index in [1.807, 2.05) is 38.1 Å². The molecule has 1 atom stereocenters. The Hall–Kier alpha value is -2.25. The van der Waals surface area contributed by atoms with Crippen LogP contribution in [0, 0.1) is 0 Å². The number of sulfonamides is 1. The average molecular weight is 411 g/mol. The van der Waals surface area contributed by atoms with Crippen molar-refractivity contribution in [2.24, 2.45) is 0 Å². The normalized spacial score (nSPS) is 12.3. The molecule has 0 aromatic heterocycles. The summed E-state index contributed by atoms with van der Waals surface area (Å²) in [5.74, 6) is 0.323. The second kappa shape index (κ2) is 9.10. The van der Waals surface area contributed by atoms with Crippen molar-refractivity contribution in [2.75, 3.05) is 23.7 Å². The molecule has 0 aliphatic carbocycles. The molecule has 0 saturated carbocycles. The minimum Gasteiger partial charge on any atom is -0.494 e. The molecule has 146 valence electrons. The van der Waals surface area contributed by atoms with Gasteiger partial charge in [-0.2, -0.15) is 0 Å². The van der Waals surface area contributed by atoms with Gasteiger partial charge in [-0.05, 0) is 43.7 Å². The molecular weight excluding hydrogens is 388 g/mol. The Morgan fingerprint density at radius 1 is 1.19 bits per heavy atom. The number of rotatable bonds is 8. The zero-order valence-electron chi connectivity index (χ0n) is 15.5. The summed E-state index contributed by atoms with van der Waals surface area (Å²) in [5, 5.41) is 3.07. The summed E-state index contributed by atoms with van der Waals surface area (Å²) < 4.78 is 30.7. The summed E-state index contributed by atoms with van der Waals surface area (Å²) in [7, 11) is -3.68. The van der Waals surface area contributed by atoms with Gasteiger partial charge >= 0.3 is 0 Å². The van der Waals surface area contributed by atoms with E-state index in [0.717, 1.165) is 21.9 Å². The van der Waals surface area contributed by atoms with Crippen LogP contribution in [0.3, 0.4) is 0 Å². The molecule has 0 bridgehead atoms. The van der Waals surface area contributed by atoms with Gasteiger partial charge in [0.1, 0.15) is 12.3 Å². The van der Waals surface area contributed by atoms with Crippen molar-refractivity contribution >= 4 is 33.2 Å². The quantitative estimate of drug-likeness (QED) is 0.723. The zero-order chi connectivity index (χ0) is 20.0. The molecule has 0 aliphatic rings. The maximum Gasteiger partial charge on any atom is 0.241 e. The first-order valence-electron chi connectivity index (χ1n) is 8.46. The monoisotopic (exact) mass is 410 g/mol. The number of carbonyl (C=O) groups excluding carboxylic acids is 1. The lowest BCUT2D eigenvalue weighted by Gasteiger charge is -2.24. The Balaban J connectivity index is 2.10. The predicted octanol–water partition coefficient (Wildman–Crippen LogP) is 3.38. The van der Waals surface area contributed by atoms with Gasteiger partial charge in [0.15, 0.2) is 0 Å². The highest BCUT2D eigenvalue weighted by Gasteiger charge is 2.23. The third kappa shape index (κ3) is 5.87. The lowest BCUT2D eigenvalue weighted by molar-refractivity contribution is -0.120. The Labute approximate surface area is 165 Å². The number of hydrogen-bond acceptors (Lipinski definition) is 4. The topological polar surface area (TPSA) is 75.7 Å². The van der Waals surface area contributed by atoms with Crippen LogP contribution in [0.2, 0.25) is 5.02 Å². The van der Waals surface area contributed by atoms with Gasteiger partial charge in [-0.1, -0.05) is 35.9 Å². The molecule has 1 N–H and O–H groups in total. The zero-order valence-corrected chi connectivity index (χ0v) is 17.0. The van der Waals surface area contributed by atoms with Crippen LogP contribution in [-0.4, -0.2) is 33.7 Å². The predicted molar refractivity (Wildman–Crippen MR) is 108 cm³/mol. The van der Waals surface area contributed by atoms with Crippen LogP contribution < -0.4 is 14.4 Å². The van der Waals surface area contributed by atoms with Crippen molar-refractivity contribution in [3.05, 3.63) is 59.1 Å². The number of ether oxygens (including phenoxy) is 1. The molecule has 2 rings (SSSR count). The minimum atomic E-state index is -3.68. The Kier molecular flexibility index (Phi) is 7.10. The van der Waals surface area contributed by atoms with E-state index >= 15 is 0 Å². The van der Waals surface area contributed by atoms with Gasteiger partial charge in [0.25, 0.3) is 0 Å². The highest BCUT2D eigenvalue weighted by Crippen LogP contribution is 2.27. The molecule has 1 unspecified atom stereocenters. The van der Waals surface area contributed by atoms with Gasteiger partial charge in [0.2, 0.25) is 15.9 Å². The number of hydrogen-bond donors (Lipinski definition) is 1. The fourth-order valence-corrected chi connectivity index (χ4v) is 3.71. The molecule has 0 radical (unpaired) electrons. The third-order valence-electron chi connectivity index (χ3n) is 3.88. The van der Waals surface area contributed by atoms with Gasteiger partial charge in [-0.25, -0.2) is 8.42 Å². The SMILES string of the molecule is CCOc1ccc(C(C)NC(=O)CN(c2ccccc2Cl)S(C)(=O)=O)cc1. The lowest BCUT2D eigenvalue weighted by atomic mass is 10.1. The number of carbonyl (C=O) groups is 1. The molecule has 27 heavy (non-hydrogen) atoms. The van der Waals surface area contributed by atoms with E-state index < -0.39 is 15.9 Å². The molecule has 0 saturated heterocycles. The van der Waals surface area contributed by atoms with Gasteiger partial charge in [-0.15, -0.1) is 0 Å². The number of anilines is 1. The van der Waals surface area contributed by atoms with Gasteiger partial charge in [-0.3, -0.25) is 9.10 Å². The van der Waals surface area contributed by atoms with Crippen molar-refractivity contribution in [1.29, 1.82) is 0 Å². The molecule has 0 heterocycles. The number of para-hydroxylation sites is 1. The summed E-state index contributed by atoms with van der Waals surface area (Å²) in [4.78, 5) is 12.5. The maximum absolute atomic E-state index is 12.5. The van der Waals surface area contributed by atoms with Crippen LogP contribution >= 0.6 is 11.6 Å². The molecular formula is C19H23ClN2O4S. The summed E-state index contributed by atoms with van der Waals surface area (Å²) in [6, 6.07) is 13.6. The van der Waals surface area contributed by atoms with E-state index in [2.05, 4.69) is 5.32 Å². The number of nitrogens with one attached hydrogen (secondary N) is 1. The van der Waals surface area contributed by atoms with Crippen LogP contribution in [0.5, 0.6) is 5.75 Å². The first-order chi connectivity index (χ1) is 12.7. The summed E-state index contributed by atoms with van der Waals surface area (Å²) in [6.07, 6.45) is 1.04. The van der Waals surface area contributed by atoms with Crippen LogP contribution in [0.25, 0.3) is 0 Å². The molecule has 0 spiro atoms. The second-order valence-corrected chi connectivity index (χ2v) is 8.33. The largest absolute Gasteiger partial charge is 0.494 e. The Bertz CT molecular complexity index is 885. The Morgan fingerprint density at radius 2 is 1.81 bits per heavy atom.